The van der Waals surface area contributed by atoms with Crippen molar-refractivity contribution >= 4 is 28.8 Å². The number of likely N-dealkylation sites (tertiary alicyclic amines) is 1. The molecule has 2 heterocycles. The first-order valence-corrected chi connectivity index (χ1v) is 6.41. The third kappa shape index (κ3) is 2.69. The van der Waals surface area contributed by atoms with E-state index in [-0.39, 0.29) is 11.3 Å². The van der Waals surface area contributed by atoms with Crippen LogP contribution in [-0.2, 0) is 0 Å². The van der Waals surface area contributed by atoms with Gasteiger partial charge >= 0.3 is 0 Å². The molecule has 1 aliphatic heterocycles. The number of amides is 1. The van der Waals surface area contributed by atoms with Crippen molar-refractivity contribution in [2.45, 2.75) is 24.6 Å². The summed E-state index contributed by atoms with van der Waals surface area (Å²) >= 11 is 7.47. The summed E-state index contributed by atoms with van der Waals surface area (Å²) in [7, 11) is 0. The number of rotatable bonds is 1. The van der Waals surface area contributed by atoms with Crippen molar-refractivity contribution in [1.29, 1.82) is 0 Å². The average Bonchev–Trinajstić information content (AvgIpc) is 2.67. The summed E-state index contributed by atoms with van der Waals surface area (Å²) in [5.41, 5.74) is 1.69. The van der Waals surface area contributed by atoms with E-state index in [1.165, 1.54) is 11.3 Å². The van der Waals surface area contributed by atoms with Crippen LogP contribution < -0.4 is 0 Å². The van der Waals surface area contributed by atoms with Crippen molar-refractivity contribution in [3.05, 3.63) is 16.6 Å². The molecule has 3 nitrogen and oxygen atoms in total. The zero-order chi connectivity index (χ0) is 10.7. The van der Waals surface area contributed by atoms with Crippen molar-refractivity contribution < 1.29 is 4.79 Å². The Morgan fingerprint density at radius 1 is 1.53 bits per heavy atom. The third-order valence-electron chi connectivity index (χ3n) is 2.59. The van der Waals surface area contributed by atoms with E-state index in [1.54, 1.807) is 11.7 Å². The summed E-state index contributed by atoms with van der Waals surface area (Å²) in [6, 6.07) is 0. The van der Waals surface area contributed by atoms with Gasteiger partial charge in [-0.3, -0.25) is 9.78 Å². The molecule has 5 heteroatoms. The molecule has 0 spiro atoms. The molecule has 1 fully saturated rings. The van der Waals surface area contributed by atoms with Crippen molar-refractivity contribution in [3.8, 4) is 0 Å². The highest BCUT2D eigenvalue weighted by Gasteiger charge is 2.21. The quantitative estimate of drug-likeness (QED) is 0.711. The number of hydrogen-bond acceptors (Lipinski definition) is 3. The van der Waals surface area contributed by atoms with Crippen molar-refractivity contribution in [3.63, 3.8) is 0 Å². The van der Waals surface area contributed by atoms with E-state index in [1.807, 2.05) is 4.90 Å². The highest BCUT2D eigenvalue weighted by atomic mass is 35.5. The first-order valence-electron chi connectivity index (χ1n) is 5.09. The largest absolute Gasteiger partial charge is 0.338 e. The Balaban J connectivity index is 2.01. The second-order valence-corrected chi connectivity index (χ2v) is 5.19. The summed E-state index contributed by atoms with van der Waals surface area (Å²) in [6.07, 6.45) is 4.54. The van der Waals surface area contributed by atoms with Gasteiger partial charge in [-0.1, -0.05) is 0 Å². The maximum absolute atomic E-state index is 12.0. The molecule has 1 aromatic heterocycles. The highest BCUT2D eigenvalue weighted by molar-refractivity contribution is 7.11. The summed E-state index contributed by atoms with van der Waals surface area (Å²) in [5, 5.41) is 0.226. The van der Waals surface area contributed by atoms with Crippen LogP contribution >= 0.6 is 22.9 Å². The van der Waals surface area contributed by atoms with Gasteiger partial charge in [-0.2, -0.15) is 0 Å². The molecule has 1 saturated heterocycles. The minimum atomic E-state index is 0.100. The Morgan fingerprint density at radius 3 is 3.13 bits per heavy atom. The number of alkyl halides is 1. The molecule has 1 unspecified atom stereocenters. The summed E-state index contributed by atoms with van der Waals surface area (Å²) in [6.45, 7) is 1.59. The Kier molecular flexibility index (Phi) is 3.59. The Labute approximate surface area is 98.1 Å². The second-order valence-electron chi connectivity index (χ2n) is 3.69. The SMILES string of the molecule is O=C(c1cncs1)N1CCCC(Cl)CC1. The third-order valence-corrected chi connectivity index (χ3v) is 3.79. The lowest BCUT2D eigenvalue weighted by Gasteiger charge is -2.18. The van der Waals surface area contributed by atoms with Crippen LogP contribution in [0, 0.1) is 0 Å². The van der Waals surface area contributed by atoms with Crippen molar-refractivity contribution in [1.82, 2.24) is 9.88 Å². The lowest BCUT2D eigenvalue weighted by molar-refractivity contribution is 0.0766. The monoisotopic (exact) mass is 244 g/mol. The molecule has 1 aliphatic rings. The fourth-order valence-electron chi connectivity index (χ4n) is 1.74. The minimum Gasteiger partial charge on any atom is -0.338 e. The molecule has 82 valence electrons. The topological polar surface area (TPSA) is 33.2 Å². The first kappa shape index (κ1) is 10.9. The molecule has 0 radical (unpaired) electrons. The Hall–Kier alpha value is -0.610. The predicted octanol–water partition coefficient (Wildman–Crippen LogP) is 2.38. The molecular formula is C10H13ClN2OS. The normalized spacial score (nSPS) is 22.5. The summed E-state index contributed by atoms with van der Waals surface area (Å²) < 4.78 is 0. The fourth-order valence-corrected chi connectivity index (χ4v) is 2.57. The van der Waals surface area contributed by atoms with Gasteiger partial charge in [0, 0.05) is 18.5 Å². The Morgan fingerprint density at radius 2 is 2.40 bits per heavy atom. The number of halogens is 1. The molecule has 1 atom stereocenters. The van der Waals surface area contributed by atoms with Gasteiger partial charge in [0.25, 0.3) is 5.91 Å². The van der Waals surface area contributed by atoms with Gasteiger partial charge in [0.2, 0.25) is 0 Å². The maximum Gasteiger partial charge on any atom is 0.265 e. The number of thiazole rings is 1. The van der Waals surface area contributed by atoms with Gasteiger partial charge in [-0.15, -0.1) is 22.9 Å². The van der Waals surface area contributed by atoms with Crippen LogP contribution in [0.2, 0.25) is 0 Å². The van der Waals surface area contributed by atoms with Gasteiger partial charge in [0.15, 0.2) is 0 Å². The Bertz CT molecular complexity index is 328. The van der Waals surface area contributed by atoms with E-state index >= 15 is 0 Å². The maximum atomic E-state index is 12.0. The van der Waals surface area contributed by atoms with Gasteiger partial charge < -0.3 is 4.90 Å². The van der Waals surface area contributed by atoms with Gasteiger partial charge in [-0.05, 0) is 19.3 Å². The second kappa shape index (κ2) is 4.94. The molecule has 0 bridgehead atoms. The van der Waals surface area contributed by atoms with E-state index in [0.717, 1.165) is 37.2 Å². The summed E-state index contributed by atoms with van der Waals surface area (Å²) in [4.78, 5) is 18.5. The van der Waals surface area contributed by atoms with Crippen LogP contribution in [0.4, 0.5) is 0 Å². The van der Waals surface area contributed by atoms with Crippen LogP contribution in [0.1, 0.15) is 28.9 Å². The van der Waals surface area contributed by atoms with Gasteiger partial charge in [0.1, 0.15) is 4.88 Å². The molecule has 0 N–H and O–H groups in total. The predicted molar refractivity (Wildman–Crippen MR) is 61.5 cm³/mol. The van der Waals surface area contributed by atoms with E-state index in [2.05, 4.69) is 4.98 Å². The van der Waals surface area contributed by atoms with Crippen LogP contribution in [0.15, 0.2) is 11.7 Å². The molecule has 2 rings (SSSR count). The van der Waals surface area contributed by atoms with Crippen LogP contribution in [0.5, 0.6) is 0 Å². The standard InChI is InChI=1S/C10H13ClN2OS/c11-8-2-1-4-13(5-3-8)10(14)9-6-12-7-15-9/h6-8H,1-5H2. The van der Waals surface area contributed by atoms with Crippen molar-refractivity contribution in [2.24, 2.45) is 0 Å². The zero-order valence-corrected chi connectivity index (χ0v) is 9.93. The molecule has 0 aromatic carbocycles. The molecule has 1 amide bonds. The van der Waals surface area contributed by atoms with Crippen LogP contribution in [0.25, 0.3) is 0 Å². The average molecular weight is 245 g/mol. The molecule has 1 aromatic rings. The number of nitrogens with zero attached hydrogens (tertiary/aromatic N) is 2. The fraction of sp³-hybridized carbons (Fsp3) is 0.600. The van der Waals surface area contributed by atoms with Crippen LogP contribution in [0.3, 0.4) is 0 Å². The van der Waals surface area contributed by atoms with E-state index < -0.39 is 0 Å². The zero-order valence-electron chi connectivity index (χ0n) is 8.36. The number of carbonyl (C=O) groups excluding carboxylic acids is 1. The van der Waals surface area contributed by atoms with E-state index in [4.69, 9.17) is 11.6 Å². The minimum absolute atomic E-state index is 0.100. The van der Waals surface area contributed by atoms with Crippen molar-refractivity contribution in [2.75, 3.05) is 13.1 Å². The van der Waals surface area contributed by atoms with E-state index in [0.29, 0.717) is 0 Å². The lowest BCUT2D eigenvalue weighted by atomic mass is 10.2. The first-order chi connectivity index (χ1) is 7.27. The number of aromatic nitrogens is 1. The van der Waals surface area contributed by atoms with E-state index in [9.17, 15) is 4.79 Å². The molecular weight excluding hydrogens is 232 g/mol. The van der Waals surface area contributed by atoms with Gasteiger partial charge in [0.05, 0.1) is 11.7 Å². The van der Waals surface area contributed by atoms with Gasteiger partial charge in [-0.25, -0.2) is 0 Å². The summed E-state index contributed by atoms with van der Waals surface area (Å²) in [5.74, 6) is 0.100. The highest BCUT2D eigenvalue weighted by Crippen LogP contribution is 2.18. The number of carbonyl (C=O) groups is 1. The lowest BCUT2D eigenvalue weighted by Crippen LogP contribution is -2.31. The molecule has 0 saturated carbocycles. The smallest absolute Gasteiger partial charge is 0.265 e. The van der Waals surface area contributed by atoms with Crippen LogP contribution in [-0.4, -0.2) is 34.3 Å². The molecule has 15 heavy (non-hydrogen) atoms. The molecule has 0 aliphatic carbocycles. The number of hydrogen-bond donors (Lipinski definition) is 0.